The van der Waals surface area contributed by atoms with Crippen molar-refractivity contribution in [2.75, 3.05) is 0 Å². The Balaban J connectivity index is 1.62. The number of carbonyl (C=O) groups is 1. The number of amides is 1. The smallest absolute Gasteiger partial charge is 0.251 e. The number of benzene rings is 3. The van der Waals surface area contributed by atoms with Gasteiger partial charge in [0.2, 0.25) is 11.7 Å². The van der Waals surface area contributed by atoms with Crippen molar-refractivity contribution in [1.82, 2.24) is 15.5 Å². The number of rotatable bonds is 6. The van der Waals surface area contributed by atoms with Crippen molar-refractivity contribution in [3.63, 3.8) is 0 Å². The molecule has 29 heavy (non-hydrogen) atoms. The molecule has 5 nitrogen and oxygen atoms in total. The van der Waals surface area contributed by atoms with Gasteiger partial charge in [0.1, 0.15) is 6.04 Å². The highest BCUT2D eigenvalue weighted by molar-refractivity contribution is 6.30. The van der Waals surface area contributed by atoms with Crippen molar-refractivity contribution in [3.05, 3.63) is 107 Å². The Kier molecular flexibility index (Phi) is 5.68. The Bertz CT molecular complexity index is 1100. The fraction of sp³-hybridized carbons (Fsp3) is 0.0870. The standard InChI is InChI=1S/C23H18ClN3O2/c24-19-13-7-12-18(15-19)21-26-23(29-27-21)20(14-16-8-3-1-4-9-16)25-22(28)17-10-5-2-6-11-17/h1-13,15,20H,14H2,(H,25,28). The van der Waals surface area contributed by atoms with Gasteiger partial charge < -0.3 is 9.84 Å². The first-order valence-electron chi connectivity index (χ1n) is 9.18. The topological polar surface area (TPSA) is 68.0 Å². The molecule has 4 rings (SSSR count). The summed E-state index contributed by atoms with van der Waals surface area (Å²) in [4.78, 5) is 17.2. The Morgan fingerprint density at radius 1 is 0.966 bits per heavy atom. The van der Waals surface area contributed by atoms with Gasteiger partial charge >= 0.3 is 0 Å². The van der Waals surface area contributed by atoms with Crippen molar-refractivity contribution in [3.8, 4) is 11.4 Å². The first kappa shape index (κ1) is 18.9. The first-order valence-corrected chi connectivity index (χ1v) is 9.56. The van der Waals surface area contributed by atoms with Crippen LogP contribution in [-0.4, -0.2) is 16.0 Å². The molecule has 1 atom stereocenters. The molecule has 0 aliphatic heterocycles. The summed E-state index contributed by atoms with van der Waals surface area (Å²) >= 11 is 6.06. The molecule has 0 aliphatic carbocycles. The van der Waals surface area contributed by atoms with Gasteiger partial charge in [-0.3, -0.25) is 4.79 Å². The predicted molar refractivity (Wildman–Crippen MR) is 112 cm³/mol. The largest absolute Gasteiger partial charge is 0.340 e. The van der Waals surface area contributed by atoms with Gasteiger partial charge in [0.15, 0.2) is 0 Å². The van der Waals surface area contributed by atoms with Gasteiger partial charge in [0.25, 0.3) is 5.91 Å². The zero-order chi connectivity index (χ0) is 20.1. The van der Waals surface area contributed by atoms with Crippen LogP contribution in [0, 0.1) is 0 Å². The molecule has 0 fully saturated rings. The summed E-state index contributed by atoms with van der Waals surface area (Å²) in [5, 5.41) is 7.68. The summed E-state index contributed by atoms with van der Waals surface area (Å²) in [5.41, 5.74) is 2.37. The van der Waals surface area contributed by atoms with E-state index in [1.54, 1.807) is 24.3 Å². The summed E-state index contributed by atoms with van der Waals surface area (Å²) < 4.78 is 5.51. The molecule has 0 spiro atoms. The van der Waals surface area contributed by atoms with Gasteiger partial charge in [-0.15, -0.1) is 0 Å². The van der Waals surface area contributed by atoms with Gasteiger partial charge in [-0.1, -0.05) is 77.4 Å². The summed E-state index contributed by atoms with van der Waals surface area (Å²) in [6, 6.07) is 25.7. The molecule has 1 amide bonds. The van der Waals surface area contributed by atoms with Crippen molar-refractivity contribution in [2.45, 2.75) is 12.5 Å². The van der Waals surface area contributed by atoms with Crippen molar-refractivity contribution in [1.29, 1.82) is 0 Å². The fourth-order valence-electron chi connectivity index (χ4n) is 3.00. The zero-order valence-electron chi connectivity index (χ0n) is 15.5. The van der Waals surface area contributed by atoms with E-state index in [0.717, 1.165) is 11.1 Å². The molecular formula is C23H18ClN3O2. The summed E-state index contributed by atoms with van der Waals surface area (Å²) in [5.74, 6) is 0.566. The third-order valence-electron chi connectivity index (χ3n) is 4.45. The maximum absolute atomic E-state index is 12.7. The maximum atomic E-state index is 12.7. The normalized spacial score (nSPS) is 11.8. The van der Waals surface area contributed by atoms with E-state index in [4.69, 9.17) is 16.1 Å². The molecule has 3 aromatic carbocycles. The molecular weight excluding hydrogens is 386 g/mol. The van der Waals surface area contributed by atoms with Gasteiger partial charge in [0, 0.05) is 22.6 Å². The van der Waals surface area contributed by atoms with Crippen LogP contribution in [0.25, 0.3) is 11.4 Å². The summed E-state index contributed by atoms with van der Waals surface area (Å²) in [7, 11) is 0. The summed E-state index contributed by atoms with van der Waals surface area (Å²) in [6.07, 6.45) is 0.524. The van der Waals surface area contributed by atoms with Crippen LogP contribution in [-0.2, 0) is 6.42 Å². The van der Waals surface area contributed by atoms with E-state index in [9.17, 15) is 4.79 Å². The van der Waals surface area contributed by atoms with Crippen LogP contribution < -0.4 is 5.32 Å². The third-order valence-corrected chi connectivity index (χ3v) is 4.68. The number of hydrogen-bond donors (Lipinski definition) is 1. The van der Waals surface area contributed by atoms with E-state index in [0.29, 0.717) is 28.7 Å². The van der Waals surface area contributed by atoms with Gasteiger partial charge in [-0.2, -0.15) is 4.98 Å². The minimum atomic E-state index is -0.467. The predicted octanol–water partition coefficient (Wildman–Crippen LogP) is 5.10. The van der Waals surface area contributed by atoms with Crippen LogP contribution in [0.4, 0.5) is 0 Å². The highest BCUT2D eigenvalue weighted by Crippen LogP contribution is 2.24. The zero-order valence-corrected chi connectivity index (χ0v) is 16.2. The Morgan fingerprint density at radius 2 is 1.69 bits per heavy atom. The number of nitrogens with one attached hydrogen (secondary N) is 1. The quantitative estimate of drug-likeness (QED) is 0.486. The highest BCUT2D eigenvalue weighted by atomic mass is 35.5. The van der Waals surface area contributed by atoms with Crippen LogP contribution in [0.2, 0.25) is 5.02 Å². The second kappa shape index (κ2) is 8.71. The van der Waals surface area contributed by atoms with Crippen LogP contribution in [0.5, 0.6) is 0 Å². The molecule has 144 valence electrons. The second-order valence-electron chi connectivity index (χ2n) is 6.55. The van der Waals surface area contributed by atoms with E-state index in [2.05, 4.69) is 15.5 Å². The van der Waals surface area contributed by atoms with Crippen LogP contribution in [0.1, 0.15) is 27.9 Å². The molecule has 6 heteroatoms. The molecule has 0 bridgehead atoms. The minimum absolute atomic E-state index is 0.200. The lowest BCUT2D eigenvalue weighted by Gasteiger charge is -2.15. The molecule has 1 N–H and O–H groups in total. The fourth-order valence-corrected chi connectivity index (χ4v) is 3.19. The average molecular weight is 404 g/mol. The molecule has 1 heterocycles. The van der Waals surface area contributed by atoms with E-state index < -0.39 is 6.04 Å². The molecule has 0 radical (unpaired) electrons. The molecule has 0 aliphatic rings. The minimum Gasteiger partial charge on any atom is -0.340 e. The monoisotopic (exact) mass is 403 g/mol. The van der Waals surface area contributed by atoms with Gasteiger partial charge in [0.05, 0.1) is 0 Å². The van der Waals surface area contributed by atoms with E-state index in [1.165, 1.54) is 0 Å². The van der Waals surface area contributed by atoms with E-state index in [1.807, 2.05) is 60.7 Å². The Morgan fingerprint density at radius 3 is 2.41 bits per heavy atom. The lowest BCUT2D eigenvalue weighted by atomic mass is 10.1. The summed E-state index contributed by atoms with van der Waals surface area (Å²) in [6.45, 7) is 0. The maximum Gasteiger partial charge on any atom is 0.251 e. The molecule has 1 aromatic heterocycles. The average Bonchev–Trinajstić information content (AvgIpc) is 3.25. The molecule has 0 saturated carbocycles. The molecule has 0 saturated heterocycles. The number of hydrogen-bond acceptors (Lipinski definition) is 4. The molecule has 4 aromatic rings. The SMILES string of the molecule is O=C(NC(Cc1ccccc1)c1nc(-c2cccc(Cl)c2)no1)c1ccccc1. The number of aromatic nitrogens is 2. The van der Waals surface area contributed by atoms with Crippen LogP contribution in [0.3, 0.4) is 0 Å². The van der Waals surface area contributed by atoms with E-state index >= 15 is 0 Å². The van der Waals surface area contributed by atoms with E-state index in [-0.39, 0.29) is 5.91 Å². The second-order valence-corrected chi connectivity index (χ2v) is 6.98. The first-order chi connectivity index (χ1) is 14.2. The Labute approximate surface area is 173 Å². The van der Waals surface area contributed by atoms with Crippen molar-refractivity contribution < 1.29 is 9.32 Å². The van der Waals surface area contributed by atoms with Crippen LogP contribution >= 0.6 is 11.6 Å². The number of halogens is 1. The lowest BCUT2D eigenvalue weighted by molar-refractivity contribution is 0.0928. The Hall–Kier alpha value is -3.44. The van der Waals surface area contributed by atoms with Crippen molar-refractivity contribution in [2.24, 2.45) is 0 Å². The van der Waals surface area contributed by atoms with Crippen LogP contribution in [0.15, 0.2) is 89.5 Å². The molecule has 1 unspecified atom stereocenters. The van der Waals surface area contributed by atoms with Crippen molar-refractivity contribution >= 4 is 17.5 Å². The van der Waals surface area contributed by atoms with Gasteiger partial charge in [-0.05, 0) is 29.8 Å². The lowest BCUT2D eigenvalue weighted by Crippen LogP contribution is -2.30. The third kappa shape index (κ3) is 4.70. The number of carbonyl (C=O) groups excluding carboxylic acids is 1. The number of nitrogens with zero attached hydrogens (tertiary/aromatic N) is 2. The highest BCUT2D eigenvalue weighted by Gasteiger charge is 2.23. The van der Waals surface area contributed by atoms with Gasteiger partial charge in [-0.25, -0.2) is 0 Å².